The Morgan fingerprint density at radius 2 is 1.83 bits per heavy atom. The van der Waals surface area contributed by atoms with Crippen molar-refractivity contribution in [1.29, 1.82) is 0 Å². The minimum absolute atomic E-state index is 0. The molecule has 4 nitrogen and oxygen atoms in total. The van der Waals surface area contributed by atoms with Gasteiger partial charge in [0.1, 0.15) is 0 Å². The van der Waals surface area contributed by atoms with Crippen molar-refractivity contribution in [3.05, 3.63) is 23.8 Å². The zero-order valence-corrected chi connectivity index (χ0v) is 16.0. The van der Waals surface area contributed by atoms with Crippen molar-refractivity contribution in [2.45, 2.75) is 52.9 Å². The van der Waals surface area contributed by atoms with E-state index in [4.69, 9.17) is 0 Å². The van der Waals surface area contributed by atoms with Gasteiger partial charge in [-0.15, -0.1) is 0 Å². The van der Waals surface area contributed by atoms with E-state index in [9.17, 15) is 4.79 Å². The zero-order valence-electron chi connectivity index (χ0n) is 15.2. The SMILES string of the molecule is CCN(CC)c1ccc(NC(=O)NCC2CCCCC2)c(C)c1.[Cl-]. The van der Waals surface area contributed by atoms with Crippen molar-refractivity contribution in [3.8, 4) is 0 Å². The first-order valence-electron chi connectivity index (χ1n) is 9.04. The molecule has 0 atom stereocenters. The standard InChI is InChI=1S/C19H31N3O.ClH/c1-4-22(5-2)17-11-12-18(15(3)13-17)21-19(23)20-14-16-9-7-6-8-10-16;/h11-13,16H,4-10,14H2,1-3H3,(H2,20,21,23);1H/p-1. The van der Waals surface area contributed by atoms with Crippen LogP contribution in [0.3, 0.4) is 0 Å². The molecule has 136 valence electrons. The Balaban J connectivity index is 0.00000288. The summed E-state index contributed by atoms with van der Waals surface area (Å²) in [5.41, 5.74) is 3.20. The molecule has 1 aliphatic rings. The Kier molecular flexibility index (Phi) is 8.98. The highest BCUT2D eigenvalue weighted by Crippen LogP contribution is 2.24. The summed E-state index contributed by atoms with van der Waals surface area (Å²) in [6.45, 7) is 9.13. The van der Waals surface area contributed by atoms with E-state index >= 15 is 0 Å². The highest BCUT2D eigenvalue weighted by atomic mass is 35.5. The number of amides is 2. The lowest BCUT2D eigenvalue weighted by Gasteiger charge is -2.23. The lowest BCUT2D eigenvalue weighted by molar-refractivity contribution is -0.00000803. The fourth-order valence-electron chi connectivity index (χ4n) is 3.37. The molecule has 1 aromatic rings. The second-order valence-corrected chi connectivity index (χ2v) is 6.51. The molecule has 2 rings (SSSR count). The van der Waals surface area contributed by atoms with Gasteiger partial charge in [0.25, 0.3) is 0 Å². The average molecular weight is 353 g/mol. The second-order valence-electron chi connectivity index (χ2n) is 6.51. The summed E-state index contributed by atoms with van der Waals surface area (Å²) in [5, 5.41) is 6.01. The second kappa shape index (κ2) is 10.4. The first-order valence-corrected chi connectivity index (χ1v) is 9.04. The number of carbonyl (C=O) groups excluding carboxylic acids is 1. The number of anilines is 2. The number of rotatable bonds is 6. The number of hydrogen-bond acceptors (Lipinski definition) is 2. The van der Waals surface area contributed by atoms with Crippen molar-refractivity contribution < 1.29 is 17.2 Å². The summed E-state index contributed by atoms with van der Waals surface area (Å²) in [7, 11) is 0. The highest BCUT2D eigenvalue weighted by Gasteiger charge is 2.14. The Morgan fingerprint density at radius 3 is 2.42 bits per heavy atom. The van der Waals surface area contributed by atoms with Crippen LogP contribution in [0.2, 0.25) is 0 Å². The third kappa shape index (κ3) is 5.90. The summed E-state index contributed by atoms with van der Waals surface area (Å²) in [6.07, 6.45) is 6.45. The van der Waals surface area contributed by atoms with Crippen molar-refractivity contribution in [3.63, 3.8) is 0 Å². The molecule has 0 aliphatic heterocycles. The Bertz CT molecular complexity index is 511. The number of hydrogen-bond donors (Lipinski definition) is 2. The minimum atomic E-state index is -0.0886. The van der Waals surface area contributed by atoms with Crippen molar-refractivity contribution in [2.75, 3.05) is 29.9 Å². The molecule has 1 fully saturated rings. The summed E-state index contributed by atoms with van der Waals surface area (Å²) in [5.74, 6) is 0.653. The number of nitrogens with zero attached hydrogens (tertiary/aromatic N) is 1. The van der Waals surface area contributed by atoms with Gasteiger partial charge in [0.2, 0.25) is 0 Å². The van der Waals surface area contributed by atoms with E-state index in [1.54, 1.807) is 0 Å². The highest BCUT2D eigenvalue weighted by molar-refractivity contribution is 5.90. The van der Waals surface area contributed by atoms with E-state index < -0.39 is 0 Å². The van der Waals surface area contributed by atoms with Gasteiger partial charge < -0.3 is 27.9 Å². The largest absolute Gasteiger partial charge is 1.00 e. The average Bonchev–Trinajstić information content (AvgIpc) is 2.57. The molecule has 0 bridgehead atoms. The smallest absolute Gasteiger partial charge is 0.319 e. The molecule has 1 saturated carbocycles. The molecule has 0 aromatic heterocycles. The third-order valence-corrected chi connectivity index (χ3v) is 4.86. The molecule has 1 aromatic carbocycles. The maximum Gasteiger partial charge on any atom is 0.319 e. The van der Waals surface area contributed by atoms with Crippen LogP contribution in [0.1, 0.15) is 51.5 Å². The van der Waals surface area contributed by atoms with Crippen LogP contribution in [-0.4, -0.2) is 25.7 Å². The predicted molar refractivity (Wildman–Crippen MR) is 98.3 cm³/mol. The number of urea groups is 1. The van der Waals surface area contributed by atoms with Gasteiger partial charge in [0.05, 0.1) is 0 Å². The van der Waals surface area contributed by atoms with Gasteiger partial charge in [0, 0.05) is 31.0 Å². The number of benzene rings is 1. The fraction of sp³-hybridized carbons (Fsp3) is 0.632. The van der Waals surface area contributed by atoms with Gasteiger partial charge in [-0.3, -0.25) is 0 Å². The summed E-state index contributed by atoms with van der Waals surface area (Å²) < 4.78 is 0. The Labute approximate surface area is 152 Å². The van der Waals surface area contributed by atoms with E-state index in [1.165, 1.54) is 37.8 Å². The zero-order chi connectivity index (χ0) is 16.7. The molecule has 2 N–H and O–H groups in total. The Hall–Kier alpha value is -1.42. The quantitative estimate of drug-likeness (QED) is 0.815. The van der Waals surface area contributed by atoms with Crippen molar-refractivity contribution >= 4 is 17.4 Å². The molecular weight excluding hydrogens is 322 g/mol. The molecule has 0 unspecified atom stereocenters. The van der Waals surface area contributed by atoms with Crippen LogP contribution in [-0.2, 0) is 0 Å². The van der Waals surface area contributed by atoms with E-state index in [0.29, 0.717) is 5.92 Å². The molecule has 0 saturated heterocycles. The molecule has 1 aliphatic carbocycles. The van der Waals surface area contributed by atoms with E-state index in [-0.39, 0.29) is 18.4 Å². The molecule has 2 amide bonds. The van der Waals surface area contributed by atoms with Crippen LogP contribution < -0.4 is 27.9 Å². The maximum atomic E-state index is 12.1. The first-order chi connectivity index (χ1) is 11.1. The molecule has 0 heterocycles. The first kappa shape index (κ1) is 20.6. The number of nitrogens with one attached hydrogen (secondary N) is 2. The normalized spacial score (nSPS) is 14.6. The monoisotopic (exact) mass is 352 g/mol. The van der Waals surface area contributed by atoms with E-state index in [1.807, 2.05) is 13.0 Å². The lowest BCUT2D eigenvalue weighted by atomic mass is 9.89. The molecule has 0 radical (unpaired) electrons. The third-order valence-electron chi connectivity index (χ3n) is 4.86. The summed E-state index contributed by atoms with van der Waals surface area (Å²) >= 11 is 0. The molecular formula is C19H31ClN3O-. The van der Waals surface area contributed by atoms with Crippen LogP contribution in [0.4, 0.5) is 16.2 Å². The molecule has 0 spiro atoms. The van der Waals surface area contributed by atoms with Gasteiger partial charge in [-0.25, -0.2) is 4.79 Å². The van der Waals surface area contributed by atoms with Crippen LogP contribution in [0.5, 0.6) is 0 Å². The number of halogens is 1. The topological polar surface area (TPSA) is 44.4 Å². The van der Waals surface area contributed by atoms with Crippen LogP contribution >= 0.6 is 0 Å². The van der Waals surface area contributed by atoms with Crippen molar-refractivity contribution in [1.82, 2.24) is 5.32 Å². The number of carbonyl (C=O) groups is 1. The van der Waals surface area contributed by atoms with Gasteiger partial charge >= 0.3 is 6.03 Å². The maximum absolute atomic E-state index is 12.1. The van der Waals surface area contributed by atoms with Gasteiger partial charge in [-0.05, 0) is 63.3 Å². The van der Waals surface area contributed by atoms with Crippen LogP contribution in [0.15, 0.2) is 18.2 Å². The van der Waals surface area contributed by atoms with Gasteiger partial charge in [0.15, 0.2) is 0 Å². The van der Waals surface area contributed by atoms with Crippen molar-refractivity contribution in [2.24, 2.45) is 5.92 Å². The summed E-state index contributed by atoms with van der Waals surface area (Å²) in [6, 6.07) is 6.14. The Morgan fingerprint density at radius 1 is 1.17 bits per heavy atom. The molecule has 24 heavy (non-hydrogen) atoms. The van der Waals surface area contributed by atoms with Gasteiger partial charge in [-0.1, -0.05) is 19.3 Å². The van der Waals surface area contributed by atoms with E-state index in [0.717, 1.165) is 30.9 Å². The van der Waals surface area contributed by atoms with Crippen LogP contribution in [0.25, 0.3) is 0 Å². The van der Waals surface area contributed by atoms with Crippen LogP contribution in [0, 0.1) is 12.8 Å². The predicted octanol–water partition coefficient (Wildman–Crippen LogP) is 1.55. The molecule has 5 heteroatoms. The van der Waals surface area contributed by atoms with Gasteiger partial charge in [-0.2, -0.15) is 0 Å². The minimum Gasteiger partial charge on any atom is -1.00 e. The summed E-state index contributed by atoms with van der Waals surface area (Å²) in [4.78, 5) is 14.4. The number of aryl methyl sites for hydroxylation is 1. The van der Waals surface area contributed by atoms with E-state index in [2.05, 4.69) is 41.5 Å². The fourth-order valence-corrected chi connectivity index (χ4v) is 3.37. The lowest BCUT2D eigenvalue weighted by Crippen LogP contribution is -3.00.